The molecule has 1 unspecified atom stereocenters. The number of ether oxygens (including phenoxy) is 1. The molecule has 1 aromatic rings. The maximum absolute atomic E-state index is 13.4. The minimum absolute atomic E-state index is 0.0292. The first-order valence-electron chi connectivity index (χ1n) is 4.92. The van der Waals surface area contributed by atoms with Crippen LogP contribution >= 0.6 is 0 Å². The summed E-state index contributed by atoms with van der Waals surface area (Å²) in [5, 5.41) is 8.33. The van der Waals surface area contributed by atoms with Gasteiger partial charge in [-0.15, -0.1) is 0 Å². The highest BCUT2D eigenvalue weighted by molar-refractivity contribution is 5.67. The van der Waals surface area contributed by atoms with Crippen molar-refractivity contribution in [1.29, 1.82) is 0 Å². The van der Waals surface area contributed by atoms with Crippen molar-refractivity contribution in [3.63, 3.8) is 0 Å². The Balaban J connectivity index is 2.71. The molecule has 0 saturated carbocycles. The van der Waals surface area contributed by atoms with Crippen molar-refractivity contribution in [1.82, 2.24) is 0 Å². The molecule has 0 bridgehead atoms. The van der Waals surface area contributed by atoms with Gasteiger partial charge in [-0.3, -0.25) is 0 Å². The zero-order chi connectivity index (χ0) is 13.0. The lowest BCUT2D eigenvalue weighted by molar-refractivity contribution is -0.142. The van der Waals surface area contributed by atoms with Gasteiger partial charge in [-0.25, -0.2) is 13.6 Å². The van der Waals surface area contributed by atoms with Gasteiger partial charge in [-0.1, -0.05) is 0 Å². The highest BCUT2D eigenvalue weighted by atomic mass is 19.1. The Morgan fingerprint density at radius 1 is 1.47 bits per heavy atom. The van der Waals surface area contributed by atoms with Crippen molar-refractivity contribution in [2.45, 2.75) is 13.0 Å². The molecule has 0 aliphatic rings. The van der Waals surface area contributed by atoms with Crippen LogP contribution in [-0.4, -0.2) is 24.3 Å². The van der Waals surface area contributed by atoms with Gasteiger partial charge in [0, 0.05) is 5.56 Å². The Hall–Kier alpha value is -1.53. The van der Waals surface area contributed by atoms with Gasteiger partial charge in [0.25, 0.3) is 0 Å². The lowest BCUT2D eigenvalue weighted by Crippen LogP contribution is -2.21. The van der Waals surface area contributed by atoms with Crippen LogP contribution in [0.2, 0.25) is 0 Å². The van der Waals surface area contributed by atoms with Crippen LogP contribution in [0.25, 0.3) is 0 Å². The van der Waals surface area contributed by atoms with Crippen LogP contribution in [-0.2, 0) is 9.53 Å². The molecule has 4 nitrogen and oxygen atoms in total. The van der Waals surface area contributed by atoms with E-state index in [0.29, 0.717) is 0 Å². The SMILES string of the molecule is Cc1cc(F)c(C(N)COCC(=O)O)cc1F. The molecule has 6 heteroatoms. The minimum Gasteiger partial charge on any atom is -0.480 e. The van der Waals surface area contributed by atoms with Crippen molar-refractivity contribution < 1.29 is 23.4 Å². The van der Waals surface area contributed by atoms with Crippen LogP contribution in [0, 0.1) is 18.6 Å². The molecular formula is C11H13F2NO3. The molecule has 0 aromatic heterocycles. The second-order valence-corrected chi connectivity index (χ2v) is 3.64. The van der Waals surface area contributed by atoms with Gasteiger partial charge in [0.15, 0.2) is 0 Å². The predicted octanol–water partition coefficient (Wildman–Crippen LogP) is 1.37. The van der Waals surface area contributed by atoms with E-state index >= 15 is 0 Å². The summed E-state index contributed by atoms with van der Waals surface area (Å²) >= 11 is 0. The van der Waals surface area contributed by atoms with E-state index in [1.165, 1.54) is 6.92 Å². The van der Waals surface area contributed by atoms with Gasteiger partial charge < -0.3 is 15.6 Å². The summed E-state index contributed by atoms with van der Waals surface area (Å²) in [5.74, 6) is -2.34. The summed E-state index contributed by atoms with van der Waals surface area (Å²) in [4.78, 5) is 10.2. The zero-order valence-electron chi connectivity index (χ0n) is 9.24. The van der Waals surface area contributed by atoms with Crippen LogP contribution < -0.4 is 5.73 Å². The fraction of sp³-hybridized carbons (Fsp3) is 0.364. The van der Waals surface area contributed by atoms with Crippen molar-refractivity contribution >= 4 is 5.97 Å². The summed E-state index contributed by atoms with van der Waals surface area (Å²) in [5.41, 5.74) is 5.73. The summed E-state index contributed by atoms with van der Waals surface area (Å²) in [6.07, 6.45) is 0. The molecule has 1 atom stereocenters. The van der Waals surface area contributed by atoms with Gasteiger partial charge in [-0.05, 0) is 24.6 Å². The quantitative estimate of drug-likeness (QED) is 0.821. The number of hydrogen-bond acceptors (Lipinski definition) is 3. The van der Waals surface area contributed by atoms with E-state index < -0.39 is 30.3 Å². The lowest BCUT2D eigenvalue weighted by Gasteiger charge is -2.13. The fourth-order valence-electron chi connectivity index (χ4n) is 1.31. The van der Waals surface area contributed by atoms with Crippen molar-refractivity contribution in [2.24, 2.45) is 5.73 Å². The third-order valence-corrected chi connectivity index (χ3v) is 2.20. The van der Waals surface area contributed by atoms with Gasteiger partial charge in [0.2, 0.25) is 0 Å². The third kappa shape index (κ3) is 3.76. The molecule has 0 amide bonds. The number of benzene rings is 1. The Morgan fingerprint density at radius 3 is 2.71 bits per heavy atom. The molecular weight excluding hydrogens is 232 g/mol. The number of rotatable bonds is 5. The highest BCUT2D eigenvalue weighted by Crippen LogP contribution is 2.19. The molecule has 1 aromatic carbocycles. The molecule has 0 aliphatic heterocycles. The molecule has 3 N–H and O–H groups in total. The normalized spacial score (nSPS) is 12.5. The summed E-state index contributed by atoms with van der Waals surface area (Å²) < 4.78 is 31.4. The molecule has 17 heavy (non-hydrogen) atoms. The average Bonchev–Trinajstić information content (AvgIpc) is 2.22. The second kappa shape index (κ2) is 5.70. The molecule has 94 valence electrons. The molecule has 0 spiro atoms. The van der Waals surface area contributed by atoms with Crippen LogP contribution in [0.1, 0.15) is 17.2 Å². The molecule has 1 rings (SSSR count). The number of aliphatic carboxylic acids is 1. The Bertz CT molecular complexity index is 423. The molecule has 0 radical (unpaired) electrons. The monoisotopic (exact) mass is 245 g/mol. The van der Waals surface area contributed by atoms with Crippen LogP contribution in [0.3, 0.4) is 0 Å². The molecule has 0 aliphatic carbocycles. The predicted molar refractivity (Wildman–Crippen MR) is 56.5 cm³/mol. The first-order chi connectivity index (χ1) is 7.91. The summed E-state index contributed by atoms with van der Waals surface area (Å²) in [6.45, 7) is 0.726. The standard InChI is InChI=1S/C11H13F2NO3/c1-6-2-9(13)7(3-8(6)12)10(14)4-17-5-11(15)16/h2-3,10H,4-5,14H2,1H3,(H,15,16). The number of aryl methyl sites for hydroxylation is 1. The Morgan fingerprint density at radius 2 is 2.12 bits per heavy atom. The first-order valence-corrected chi connectivity index (χ1v) is 4.92. The van der Waals surface area contributed by atoms with Crippen molar-refractivity contribution in [3.8, 4) is 0 Å². The van der Waals surface area contributed by atoms with E-state index in [0.717, 1.165) is 12.1 Å². The zero-order valence-corrected chi connectivity index (χ0v) is 9.24. The van der Waals surface area contributed by atoms with E-state index in [2.05, 4.69) is 0 Å². The fourth-order valence-corrected chi connectivity index (χ4v) is 1.31. The third-order valence-electron chi connectivity index (χ3n) is 2.20. The van der Waals surface area contributed by atoms with E-state index in [1.807, 2.05) is 0 Å². The number of carboxylic acids is 1. The van der Waals surface area contributed by atoms with E-state index in [9.17, 15) is 13.6 Å². The largest absolute Gasteiger partial charge is 0.480 e. The lowest BCUT2D eigenvalue weighted by atomic mass is 10.1. The number of carboxylic acid groups (broad SMARTS) is 1. The number of halogens is 2. The Kier molecular flexibility index (Phi) is 4.53. The van der Waals surface area contributed by atoms with Crippen molar-refractivity contribution in [2.75, 3.05) is 13.2 Å². The number of carbonyl (C=O) groups is 1. The smallest absolute Gasteiger partial charge is 0.329 e. The first kappa shape index (κ1) is 13.5. The van der Waals surface area contributed by atoms with Crippen LogP contribution in [0.15, 0.2) is 12.1 Å². The highest BCUT2D eigenvalue weighted by Gasteiger charge is 2.14. The molecule has 0 fully saturated rings. The number of nitrogens with two attached hydrogens (primary N) is 1. The topological polar surface area (TPSA) is 72.5 Å². The van der Waals surface area contributed by atoms with E-state index in [1.54, 1.807) is 0 Å². The van der Waals surface area contributed by atoms with Crippen LogP contribution in [0.4, 0.5) is 8.78 Å². The number of hydrogen-bond donors (Lipinski definition) is 2. The maximum Gasteiger partial charge on any atom is 0.329 e. The van der Waals surface area contributed by atoms with E-state index in [4.69, 9.17) is 15.6 Å². The Labute approximate surface area is 97.0 Å². The van der Waals surface area contributed by atoms with Gasteiger partial charge in [0.1, 0.15) is 18.2 Å². The maximum atomic E-state index is 13.4. The minimum atomic E-state index is -1.15. The second-order valence-electron chi connectivity index (χ2n) is 3.64. The van der Waals surface area contributed by atoms with E-state index in [-0.39, 0.29) is 17.7 Å². The van der Waals surface area contributed by atoms with Crippen molar-refractivity contribution in [3.05, 3.63) is 34.9 Å². The average molecular weight is 245 g/mol. The molecule has 0 saturated heterocycles. The summed E-state index contributed by atoms with van der Waals surface area (Å²) in [7, 11) is 0. The molecule has 0 heterocycles. The van der Waals surface area contributed by atoms with Gasteiger partial charge in [-0.2, -0.15) is 0 Å². The summed E-state index contributed by atoms with van der Waals surface area (Å²) in [6, 6.07) is 1.14. The van der Waals surface area contributed by atoms with Gasteiger partial charge >= 0.3 is 5.97 Å². The van der Waals surface area contributed by atoms with Gasteiger partial charge in [0.05, 0.1) is 12.6 Å². The van der Waals surface area contributed by atoms with Crippen LogP contribution in [0.5, 0.6) is 0 Å².